The van der Waals surface area contributed by atoms with E-state index >= 15 is 0 Å². The Morgan fingerprint density at radius 3 is 2.50 bits per heavy atom. The van der Waals surface area contributed by atoms with Crippen molar-refractivity contribution < 1.29 is 0 Å². The molecule has 0 aromatic heterocycles. The first-order valence-corrected chi connectivity index (χ1v) is 7.77. The van der Waals surface area contributed by atoms with E-state index in [2.05, 4.69) is 19.2 Å². The van der Waals surface area contributed by atoms with E-state index in [1.165, 1.54) is 49.4 Å². The van der Waals surface area contributed by atoms with Gasteiger partial charge in [0.2, 0.25) is 0 Å². The van der Waals surface area contributed by atoms with Crippen molar-refractivity contribution >= 4 is 16.9 Å². The highest BCUT2D eigenvalue weighted by Gasteiger charge is 2.23. The van der Waals surface area contributed by atoms with Crippen LogP contribution in [0.3, 0.4) is 0 Å². The predicted octanol–water partition coefficient (Wildman–Crippen LogP) is 3.43. The van der Waals surface area contributed by atoms with Crippen molar-refractivity contribution in [3.05, 3.63) is 0 Å². The summed E-state index contributed by atoms with van der Waals surface area (Å²) in [7, 11) is 0. The van der Waals surface area contributed by atoms with Gasteiger partial charge in [0.25, 0.3) is 0 Å². The van der Waals surface area contributed by atoms with E-state index in [0.717, 1.165) is 5.92 Å². The molecule has 0 saturated heterocycles. The maximum Gasteiger partial charge on any atom is 0.157 e. The van der Waals surface area contributed by atoms with E-state index in [0.29, 0.717) is 12.1 Å². The van der Waals surface area contributed by atoms with E-state index in [1.807, 2.05) is 11.8 Å². The van der Waals surface area contributed by atoms with Gasteiger partial charge in [0, 0.05) is 11.8 Å². The molecule has 0 amide bonds. The Hall–Kier alpha value is -0.180. The summed E-state index contributed by atoms with van der Waals surface area (Å²) in [5.74, 6) is 2.17. The molecule has 3 heteroatoms. The van der Waals surface area contributed by atoms with Gasteiger partial charge in [0.1, 0.15) is 0 Å². The van der Waals surface area contributed by atoms with Gasteiger partial charge >= 0.3 is 0 Å². The standard InChI is InChI=1S/C13H24N2S/c1-3-10-5-7-12(8-6-10)15-13-14-11(4-2)9-16-13/h10-12H,3-9H2,1-2H3,(H,14,15). The molecule has 1 heterocycles. The maximum atomic E-state index is 4.71. The number of rotatable bonds is 3. The molecule has 0 aromatic rings. The Kier molecular flexibility index (Phi) is 4.56. The minimum absolute atomic E-state index is 0.569. The fraction of sp³-hybridized carbons (Fsp3) is 0.923. The molecule has 1 unspecified atom stereocenters. The zero-order valence-corrected chi connectivity index (χ0v) is 11.4. The van der Waals surface area contributed by atoms with E-state index in [-0.39, 0.29) is 0 Å². The van der Waals surface area contributed by atoms with Crippen LogP contribution >= 0.6 is 11.8 Å². The van der Waals surface area contributed by atoms with Gasteiger partial charge in [-0.05, 0) is 38.0 Å². The molecule has 0 radical (unpaired) electrons. The average Bonchev–Trinajstić information content (AvgIpc) is 2.78. The second-order valence-corrected chi connectivity index (χ2v) is 6.09. The molecule has 0 spiro atoms. The number of hydrogen-bond acceptors (Lipinski definition) is 3. The van der Waals surface area contributed by atoms with Crippen LogP contribution in [0.5, 0.6) is 0 Å². The van der Waals surface area contributed by atoms with Crippen LogP contribution in [-0.2, 0) is 0 Å². The molecular formula is C13H24N2S. The summed E-state index contributed by atoms with van der Waals surface area (Å²) < 4.78 is 0. The van der Waals surface area contributed by atoms with Crippen molar-refractivity contribution in [2.45, 2.75) is 64.5 Å². The SMILES string of the molecule is CCC1CCC(NC2=NC(CC)CS2)CC1. The molecule has 2 nitrogen and oxygen atoms in total. The number of amidine groups is 1. The summed E-state index contributed by atoms with van der Waals surface area (Å²) in [4.78, 5) is 4.71. The van der Waals surface area contributed by atoms with Gasteiger partial charge in [-0.1, -0.05) is 32.0 Å². The predicted molar refractivity (Wildman–Crippen MR) is 73.1 cm³/mol. The lowest BCUT2D eigenvalue weighted by Gasteiger charge is -2.28. The van der Waals surface area contributed by atoms with Gasteiger partial charge in [-0.15, -0.1) is 0 Å². The lowest BCUT2D eigenvalue weighted by Crippen LogP contribution is -2.35. The highest BCUT2D eigenvalue weighted by atomic mass is 32.2. The van der Waals surface area contributed by atoms with Crippen molar-refractivity contribution in [1.82, 2.24) is 5.32 Å². The van der Waals surface area contributed by atoms with Crippen LogP contribution in [0.25, 0.3) is 0 Å². The fourth-order valence-corrected chi connectivity index (χ4v) is 3.73. The van der Waals surface area contributed by atoms with Crippen LogP contribution in [0.4, 0.5) is 0 Å². The second-order valence-electron chi connectivity index (χ2n) is 5.08. The molecule has 1 aliphatic heterocycles. The number of thioether (sulfide) groups is 1. The Morgan fingerprint density at radius 1 is 1.19 bits per heavy atom. The molecule has 1 fully saturated rings. The lowest BCUT2D eigenvalue weighted by atomic mass is 9.85. The second kappa shape index (κ2) is 5.95. The Bertz CT molecular complexity index is 244. The number of nitrogens with zero attached hydrogens (tertiary/aromatic N) is 1. The number of hydrogen-bond donors (Lipinski definition) is 1. The molecule has 16 heavy (non-hydrogen) atoms. The fourth-order valence-electron chi connectivity index (χ4n) is 2.59. The zero-order chi connectivity index (χ0) is 11.4. The Balaban J connectivity index is 1.75. The van der Waals surface area contributed by atoms with E-state index < -0.39 is 0 Å². The van der Waals surface area contributed by atoms with E-state index in [1.54, 1.807) is 0 Å². The van der Waals surface area contributed by atoms with Gasteiger partial charge in [-0.2, -0.15) is 0 Å². The van der Waals surface area contributed by atoms with Crippen LogP contribution in [0.1, 0.15) is 52.4 Å². The molecule has 0 bridgehead atoms. The average molecular weight is 240 g/mol. The zero-order valence-electron chi connectivity index (χ0n) is 10.5. The van der Waals surface area contributed by atoms with Crippen molar-refractivity contribution in [2.75, 3.05) is 5.75 Å². The molecular weight excluding hydrogens is 216 g/mol. The molecule has 92 valence electrons. The van der Waals surface area contributed by atoms with Crippen molar-refractivity contribution in [3.8, 4) is 0 Å². The monoisotopic (exact) mass is 240 g/mol. The minimum Gasteiger partial charge on any atom is -0.362 e. The van der Waals surface area contributed by atoms with Gasteiger partial charge in [-0.25, -0.2) is 0 Å². The van der Waals surface area contributed by atoms with E-state index in [4.69, 9.17) is 4.99 Å². The number of aliphatic imine (C=N–C) groups is 1. The molecule has 0 aromatic carbocycles. The third-order valence-corrected chi connectivity index (χ3v) is 4.98. The number of nitrogens with one attached hydrogen (secondary N) is 1. The van der Waals surface area contributed by atoms with Gasteiger partial charge in [-0.3, -0.25) is 4.99 Å². The van der Waals surface area contributed by atoms with Crippen LogP contribution in [0.2, 0.25) is 0 Å². The first-order valence-electron chi connectivity index (χ1n) is 6.79. The largest absolute Gasteiger partial charge is 0.362 e. The summed E-state index contributed by atoms with van der Waals surface area (Å²) in [6.07, 6.45) is 8.04. The lowest BCUT2D eigenvalue weighted by molar-refractivity contribution is 0.306. The van der Waals surface area contributed by atoms with Crippen LogP contribution in [-0.4, -0.2) is 23.0 Å². The van der Waals surface area contributed by atoms with Crippen molar-refractivity contribution in [2.24, 2.45) is 10.9 Å². The smallest absolute Gasteiger partial charge is 0.157 e. The minimum atomic E-state index is 0.569. The highest BCUT2D eigenvalue weighted by Crippen LogP contribution is 2.27. The molecule has 2 aliphatic rings. The van der Waals surface area contributed by atoms with Gasteiger partial charge < -0.3 is 5.32 Å². The highest BCUT2D eigenvalue weighted by molar-refractivity contribution is 8.14. The van der Waals surface area contributed by atoms with Gasteiger partial charge in [0.05, 0.1) is 6.04 Å². The first-order chi connectivity index (χ1) is 7.81. The molecule has 1 saturated carbocycles. The van der Waals surface area contributed by atoms with Crippen LogP contribution in [0, 0.1) is 5.92 Å². The summed E-state index contributed by atoms with van der Waals surface area (Å²) in [5, 5.41) is 4.85. The van der Waals surface area contributed by atoms with Crippen molar-refractivity contribution in [1.29, 1.82) is 0 Å². The quantitative estimate of drug-likeness (QED) is 0.817. The maximum absolute atomic E-state index is 4.71. The molecule has 1 atom stereocenters. The summed E-state index contributed by atoms with van der Waals surface area (Å²) in [6.45, 7) is 4.55. The Morgan fingerprint density at radius 2 is 1.94 bits per heavy atom. The third kappa shape index (κ3) is 3.16. The summed E-state index contributed by atoms with van der Waals surface area (Å²) >= 11 is 1.91. The third-order valence-electron chi connectivity index (χ3n) is 3.94. The first kappa shape index (κ1) is 12.3. The molecule has 2 rings (SSSR count). The van der Waals surface area contributed by atoms with Crippen LogP contribution in [0.15, 0.2) is 4.99 Å². The van der Waals surface area contributed by atoms with E-state index in [9.17, 15) is 0 Å². The Labute approximate surface area is 104 Å². The van der Waals surface area contributed by atoms with Crippen LogP contribution < -0.4 is 5.32 Å². The molecule has 1 aliphatic carbocycles. The summed E-state index contributed by atoms with van der Waals surface area (Å²) in [5.41, 5.74) is 0. The molecule has 1 N–H and O–H groups in total. The normalized spacial score (nSPS) is 34.9. The summed E-state index contributed by atoms with van der Waals surface area (Å²) in [6, 6.07) is 1.27. The van der Waals surface area contributed by atoms with Gasteiger partial charge in [0.15, 0.2) is 5.17 Å². The van der Waals surface area contributed by atoms with Crippen molar-refractivity contribution in [3.63, 3.8) is 0 Å². The topological polar surface area (TPSA) is 24.4 Å².